The Morgan fingerprint density at radius 2 is 2.42 bits per heavy atom. The zero-order valence-electron chi connectivity index (χ0n) is 8.06. The van der Waals surface area contributed by atoms with Crippen molar-refractivity contribution < 1.29 is 0 Å². The van der Waals surface area contributed by atoms with Gasteiger partial charge < -0.3 is 5.32 Å². The Labute approximate surface area is 75.3 Å². The van der Waals surface area contributed by atoms with Crippen molar-refractivity contribution in [2.45, 2.75) is 25.8 Å². The van der Waals surface area contributed by atoms with Crippen LogP contribution in [0.3, 0.4) is 0 Å². The number of likely N-dealkylation sites (N-methyl/N-ethyl adjacent to an activating group) is 1. The fourth-order valence-corrected chi connectivity index (χ4v) is 1.63. The zero-order valence-corrected chi connectivity index (χ0v) is 8.06. The molecule has 1 heterocycles. The molecular formula is C10H18N2. The number of nitrogens with zero attached hydrogens (tertiary/aromatic N) is 1. The standard InChI is InChI=1S/C10H18N2/c1-3-4-7-12-8-5-6-10(9-12)11-2/h10-11H,5-9H2,1-2H3. The maximum Gasteiger partial charge on any atom is 0.0602 e. The summed E-state index contributed by atoms with van der Waals surface area (Å²) in [7, 11) is 2.04. The van der Waals surface area contributed by atoms with Crippen LogP contribution < -0.4 is 5.32 Å². The Bertz CT molecular complexity index is 178. The van der Waals surface area contributed by atoms with Gasteiger partial charge >= 0.3 is 0 Å². The van der Waals surface area contributed by atoms with E-state index in [0.29, 0.717) is 6.04 Å². The summed E-state index contributed by atoms with van der Waals surface area (Å²) in [6.45, 7) is 5.21. The number of hydrogen-bond donors (Lipinski definition) is 1. The molecule has 0 bridgehead atoms. The Balaban J connectivity index is 2.28. The number of hydrogen-bond acceptors (Lipinski definition) is 2. The van der Waals surface area contributed by atoms with E-state index in [0.717, 1.165) is 13.1 Å². The maximum atomic E-state index is 3.32. The summed E-state index contributed by atoms with van der Waals surface area (Å²) in [6, 6.07) is 0.678. The Kier molecular flexibility index (Phi) is 4.13. The lowest BCUT2D eigenvalue weighted by atomic mass is 10.1. The van der Waals surface area contributed by atoms with Crippen LogP contribution in [-0.2, 0) is 0 Å². The molecule has 0 aromatic rings. The van der Waals surface area contributed by atoms with Gasteiger partial charge in [0.1, 0.15) is 0 Å². The third-order valence-corrected chi connectivity index (χ3v) is 2.39. The van der Waals surface area contributed by atoms with Crippen molar-refractivity contribution in [1.82, 2.24) is 10.2 Å². The first-order chi connectivity index (χ1) is 5.86. The first-order valence-electron chi connectivity index (χ1n) is 4.66. The molecule has 1 aliphatic heterocycles. The highest BCUT2D eigenvalue weighted by atomic mass is 15.2. The summed E-state index contributed by atoms with van der Waals surface area (Å²) in [4.78, 5) is 2.42. The fraction of sp³-hybridized carbons (Fsp3) is 0.800. The molecule has 0 spiro atoms. The summed E-state index contributed by atoms with van der Waals surface area (Å²) in [6.07, 6.45) is 2.61. The average Bonchev–Trinajstić information content (AvgIpc) is 2.15. The van der Waals surface area contributed by atoms with Crippen LogP contribution in [0.1, 0.15) is 19.8 Å². The smallest absolute Gasteiger partial charge is 0.0602 e. The van der Waals surface area contributed by atoms with Crippen molar-refractivity contribution in [1.29, 1.82) is 0 Å². The van der Waals surface area contributed by atoms with Gasteiger partial charge in [0.2, 0.25) is 0 Å². The second kappa shape index (κ2) is 5.18. The van der Waals surface area contributed by atoms with Gasteiger partial charge in [-0.25, -0.2) is 0 Å². The van der Waals surface area contributed by atoms with Gasteiger partial charge in [0, 0.05) is 12.6 Å². The predicted octanol–water partition coefficient (Wildman–Crippen LogP) is 0.694. The summed E-state index contributed by atoms with van der Waals surface area (Å²) >= 11 is 0. The van der Waals surface area contributed by atoms with Gasteiger partial charge in [0.15, 0.2) is 0 Å². The van der Waals surface area contributed by atoms with E-state index in [1.165, 1.54) is 19.4 Å². The third-order valence-electron chi connectivity index (χ3n) is 2.39. The number of likely N-dealkylation sites (tertiary alicyclic amines) is 1. The van der Waals surface area contributed by atoms with Crippen LogP contribution in [-0.4, -0.2) is 37.6 Å². The molecule has 1 aliphatic rings. The molecule has 1 saturated heterocycles. The Hall–Kier alpha value is -0.520. The van der Waals surface area contributed by atoms with Crippen molar-refractivity contribution in [3.05, 3.63) is 0 Å². The Morgan fingerprint density at radius 3 is 3.08 bits per heavy atom. The van der Waals surface area contributed by atoms with Gasteiger partial charge in [0.25, 0.3) is 0 Å². The second-order valence-electron chi connectivity index (χ2n) is 3.29. The minimum atomic E-state index is 0.678. The molecule has 0 aliphatic carbocycles. The van der Waals surface area contributed by atoms with Gasteiger partial charge in [-0.05, 0) is 33.4 Å². The molecule has 1 N–H and O–H groups in total. The maximum absolute atomic E-state index is 3.32. The van der Waals surface area contributed by atoms with E-state index in [1.54, 1.807) is 0 Å². The molecule has 0 aromatic heterocycles. The molecule has 1 unspecified atom stereocenters. The van der Waals surface area contributed by atoms with Crippen molar-refractivity contribution in [3.8, 4) is 11.8 Å². The first-order valence-corrected chi connectivity index (χ1v) is 4.66. The molecule has 0 saturated carbocycles. The van der Waals surface area contributed by atoms with Crippen LogP contribution in [0.4, 0.5) is 0 Å². The average molecular weight is 166 g/mol. The molecule has 1 rings (SSSR count). The van der Waals surface area contributed by atoms with Gasteiger partial charge in [-0.15, -0.1) is 5.92 Å². The minimum absolute atomic E-state index is 0.678. The van der Waals surface area contributed by atoms with Crippen molar-refractivity contribution in [2.75, 3.05) is 26.7 Å². The molecule has 68 valence electrons. The van der Waals surface area contributed by atoms with Crippen LogP contribution in [0.2, 0.25) is 0 Å². The highest BCUT2D eigenvalue weighted by Gasteiger charge is 2.16. The zero-order chi connectivity index (χ0) is 8.81. The highest BCUT2D eigenvalue weighted by molar-refractivity contribution is 4.98. The van der Waals surface area contributed by atoms with Gasteiger partial charge in [-0.2, -0.15) is 0 Å². The lowest BCUT2D eigenvalue weighted by molar-refractivity contribution is 0.216. The summed E-state index contributed by atoms with van der Waals surface area (Å²) < 4.78 is 0. The lowest BCUT2D eigenvalue weighted by Crippen LogP contribution is -2.44. The lowest BCUT2D eigenvalue weighted by Gasteiger charge is -2.30. The van der Waals surface area contributed by atoms with Crippen LogP contribution in [0.5, 0.6) is 0 Å². The molecule has 1 fully saturated rings. The highest BCUT2D eigenvalue weighted by Crippen LogP contribution is 2.08. The van der Waals surface area contributed by atoms with Crippen LogP contribution in [0.25, 0.3) is 0 Å². The predicted molar refractivity (Wildman–Crippen MR) is 52.0 cm³/mol. The Morgan fingerprint density at radius 1 is 1.58 bits per heavy atom. The van der Waals surface area contributed by atoms with E-state index in [4.69, 9.17) is 0 Å². The SMILES string of the molecule is CC#CCN1CCCC(NC)C1. The fourth-order valence-electron chi connectivity index (χ4n) is 1.63. The second-order valence-corrected chi connectivity index (χ2v) is 3.29. The number of nitrogens with one attached hydrogen (secondary N) is 1. The molecule has 1 atom stereocenters. The molecule has 2 heteroatoms. The van der Waals surface area contributed by atoms with Crippen molar-refractivity contribution >= 4 is 0 Å². The number of rotatable bonds is 2. The van der Waals surface area contributed by atoms with E-state index < -0.39 is 0 Å². The first kappa shape index (κ1) is 9.57. The topological polar surface area (TPSA) is 15.3 Å². The van der Waals surface area contributed by atoms with E-state index in [-0.39, 0.29) is 0 Å². The van der Waals surface area contributed by atoms with Crippen molar-refractivity contribution in [2.24, 2.45) is 0 Å². The van der Waals surface area contributed by atoms with E-state index in [9.17, 15) is 0 Å². The summed E-state index contributed by atoms with van der Waals surface area (Å²) in [5.41, 5.74) is 0. The van der Waals surface area contributed by atoms with Crippen LogP contribution in [0, 0.1) is 11.8 Å². The van der Waals surface area contributed by atoms with E-state index in [1.807, 2.05) is 14.0 Å². The third kappa shape index (κ3) is 2.84. The van der Waals surface area contributed by atoms with E-state index >= 15 is 0 Å². The molecular weight excluding hydrogens is 148 g/mol. The molecule has 0 amide bonds. The van der Waals surface area contributed by atoms with Gasteiger partial charge in [-0.1, -0.05) is 5.92 Å². The van der Waals surface area contributed by atoms with Crippen LogP contribution in [0.15, 0.2) is 0 Å². The molecule has 0 aromatic carbocycles. The largest absolute Gasteiger partial charge is 0.316 e. The monoisotopic (exact) mass is 166 g/mol. The van der Waals surface area contributed by atoms with Crippen molar-refractivity contribution in [3.63, 3.8) is 0 Å². The van der Waals surface area contributed by atoms with Gasteiger partial charge in [0.05, 0.1) is 6.54 Å². The van der Waals surface area contributed by atoms with Crippen LogP contribution >= 0.6 is 0 Å². The molecule has 0 radical (unpaired) electrons. The number of piperidine rings is 1. The van der Waals surface area contributed by atoms with E-state index in [2.05, 4.69) is 22.1 Å². The van der Waals surface area contributed by atoms with Gasteiger partial charge in [-0.3, -0.25) is 4.90 Å². The molecule has 12 heavy (non-hydrogen) atoms. The summed E-state index contributed by atoms with van der Waals surface area (Å²) in [5.74, 6) is 6.05. The minimum Gasteiger partial charge on any atom is -0.316 e. The normalized spacial score (nSPS) is 24.7. The summed E-state index contributed by atoms with van der Waals surface area (Å²) in [5, 5.41) is 3.32. The molecule has 2 nitrogen and oxygen atoms in total. The quantitative estimate of drug-likeness (QED) is 0.607.